The minimum Gasteiger partial charge on any atom is -0.491 e. The first kappa shape index (κ1) is 17.4. The molecule has 0 unspecified atom stereocenters. The van der Waals surface area contributed by atoms with E-state index in [1.807, 2.05) is 18.2 Å². The van der Waals surface area contributed by atoms with Crippen molar-refractivity contribution in [2.45, 2.75) is 25.0 Å². The lowest BCUT2D eigenvalue weighted by molar-refractivity contribution is -0.384. The average Bonchev–Trinajstić information content (AvgIpc) is 3.46. The number of ether oxygens (including phenoxy) is 1. The highest BCUT2D eigenvalue weighted by Crippen LogP contribution is 2.40. The van der Waals surface area contributed by atoms with Crippen LogP contribution >= 0.6 is 0 Å². The van der Waals surface area contributed by atoms with Gasteiger partial charge in [0, 0.05) is 18.7 Å². The molecule has 6 heteroatoms. The molecule has 0 heterocycles. The quantitative estimate of drug-likeness (QED) is 0.540. The Morgan fingerprint density at radius 1 is 1.20 bits per heavy atom. The molecule has 2 N–H and O–H groups in total. The molecule has 3 rings (SSSR count). The van der Waals surface area contributed by atoms with Crippen LogP contribution in [0.1, 0.15) is 24.4 Å². The molecule has 0 spiro atoms. The molecule has 0 saturated heterocycles. The van der Waals surface area contributed by atoms with Crippen LogP contribution in [0.5, 0.6) is 5.75 Å². The third-order valence-electron chi connectivity index (χ3n) is 4.30. The smallest absolute Gasteiger partial charge is 0.273 e. The molecule has 1 aliphatic rings. The van der Waals surface area contributed by atoms with Gasteiger partial charge in [0.1, 0.15) is 18.5 Å². The first-order valence-corrected chi connectivity index (χ1v) is 8.47. The van der Waals surface area contributed by atoms with Crippen molar-refractivity contribution in [1.82, 2.24) is 5.32 Å². The summed E-state index contributed by atoms with van der Waals surface area (Å²) in [7, 11) is 0. The van der Waals surface area contributed by atoms with Crippen LogP contribution < -0.4 is 10.1 Å². The Morgan fingerprint density at radius 3 is 2.64 bits per heavy atom. The number of aliphatic hydroxyl groups is 1. The molecule has 132 valence electrons. The van der Waals surface area contributed by atoms with Crippen LogP contribution in [0.15, 0.2) is 54.6 Å². The average molecular weight is 342 g/mol. The molecule has 0 bridgehead atoms. The van der Waals surface area contributed by atoms with Crippen LogP contribution in [0, 0.1) is 16.0 Å². The van der Waals surface area contributed by atoms with Gasteiger partial charge in [0.25, 0.3) is 5.69 Å². The summed E-state index contributed by atoms with van der Waals surface area (Å²) >= 11 is 0. The standard InChI is InChI=1S/C19H22N2O4/c22-17(13-25-18-8-4-7-16(11-18)21(23)24)12-20-19(15-9-10-15)14-5-2-1-3-6-14/h1-8,11,15,17,19-20,22H,9-10,12-13H2/t17-,19-/m1/s1. The van der Waals surface area contributed by atoms with E-state index in [-0.39, 0.29) is 18.3 Å². The topological polar surface area (TPSA) is 84.6 Å². The predicted octanol–water partition coefficient (Wildman–Crippen LogP) is 3.08. The lowest BCUT2D eigenvalue weighted by atomic mass is 10.0. The van der Waals surface area contributed by atoms with Gasteiger partial charge in [-0.1, -0.05) is 36.4 Å². The molecule has 0 radical (unpaired) electrons. The van der Waals surface area contributed by atoms with E-state index in [9.17, 15) is 15.2 Å². The molecule has 0 amide bonds. The van der Waals surface area contributed by atoms with Gasteiger partial charge in [-0.25, -0.2) is 0 Å². The van der Waals surface area contributed by atoms with Crippen molar-refractivity contribution < 1.29 is 14.8 Å². The van der Waals surface area contributed by atoms with Gasteiger partial charge in [-0.05, 0) is 30.4 Å². The summed E-state index contributed by atoms with van der Waals surface area (Å²) in [6.07, 6.45) is 1.71. The van der Waals surface area contributed by atoms with E-state index < -0.39 is 11.0 Å². The monoisotopic (exact) mass is 342 g/mol. The van der Waals surface area contributed by atoms with Crippen molar-refractivity contribution >= 4 is 5.69 Å². The van der Waals surface area contributed by atoms with Gasteiger partial charge < -0.3 is 15.2 Å². The fourth-order valence-corrected chi connectivity index (χ4v) is 2.85. The van der Waals surface area contributed by atoms with Crippen molar-refractivity contribution in [3.8, 4) is 5.75 Å². The van der Waals surface area contributed by atoms with Gasteiger partial charge in [-0.2, -0.15) is 0 Å². The third kappa shape index (κ3) is 5.01. The SMILES string of the molecule is O=[N+]([O-])c1cccc(OC[C@H](O)CN[C@H](c2ccccc2)C2CC2)c1. The number of nitrogens with one attached hydrogen (secondary N) is 1. The molecular formula is C19H22N2O4. The lowest BCUT2D eigenvalue weighted by Crippen LogP contribution is -2.34. The molecule has 1 fully saturated rings. The van der Waals surface area contributed by atoms with E-state index in [0.717, 1.165) is 0 Å². The second kappa shape index (κ2) is 8.09. The number of rotatable bonds is 9. The molecule has 1 aliphatic carbocycles. The van der Waals surface area contributed by atoms with E-state index in [1.54, 1.807) is 12.1 Å². The first-order chi connectivity index (χ1) is 12.1. The summed E-state index contributed by atoms with van der Waals surface area (Å²) in [6.45, 7) is 0.491. The van der Waals surface area contributed by atoms with Crippen LogP contribution in [0.4, 0.5) is 5.69 Å². The zero-order chi connectivity index (χ0) is 17.6. The molecule has 0 aromatic heterocycles. The Bertz CT molecular complexity index is 704. The highest BCUT2D eigenvalue weighted by atomic mass is 16.6. The highest BCUT2D eigenvalue weighted by molar-refractivity contribution is 5.37. The maximum absolute atomic E-state index is 10.8. The van der Waals surface area contributed by atoms with Crippen LogP contribution in [-0.2, 0) is 0 Å². The predicted molar refractivity (Wildman–Crippen MR) is 94.5 cm³/mol. The molecule has 2 aromatic rings. The summed E-state index contributed by atoms with van der Waals surface area (Å²) in [5.74, 6) is 1.00. The van der Waals surface area contributed by atoms with Gasteiger partial charge in [-0.15, -0.1) is 0 Å². The molecule has 2 aromatic carbocycles. The van der Waals surface area contributed by atoms with Crippen molar-refractivity contribution in [2.75, 3.05) is 13.2 Å². The maximum atomic E-state index is 10.8. The van der Waals surface area contributed by atoms with Gasteiger partial charge >= 0.3 is 0 Å². The van der Waals surface area contributed by atoms with Crippen LogP contribution in [-0.4, -0.2) is 29.3 Å². The minimum atomic E-state index is -0.691. The number of hydrogen-bond acceptors (Lipinski definition) is 5. The number of hydrogen-bond donors (Lipinski definition) is 2. The van der Waals surface area contributed by atoms with E-state index in [4.69, 9.17) is 4.74 Å². The van der Waals surface area contributed by atoms with Crippen LogP contribution in [0.2, 0.25) is 0 Å². The number of aliphatic hydroxyl groups excluding tert-OH is 1. The van der Waals surface area contributed by atoms with Crippen molar-refractivity contribution in [3.63, 3.8) is 0 Å². The third-order valence-corrected chi connectivity index (χ3v) is 4.30. The lowest BCUT2D eigenvalue weighted by Gasteiger charge is -2.21. The summed E-state index contributed by atoms with van der Waals surface area (Å²) in [6, 6.07) is 16.5. The van der Waals surface area contributed by atoms with Gasteiger partial charge in [0.2, 0.25) is 0 Å². The second-order valence-corrected chi connectivity index (χ2v) is 6.35. The Balaban J connectivity index is 1.50. The summed E-state index contributed by atoms with van der Waals surface area (Å²) in [4.78, 5) is 10.3. The zero-order valence-electron chi connectivity index (χ0n) is 13.9. The largest absolute Gasteiger partial charge is 0.491 e. The number of nitro groups is 1. The minimum absolute atomic E-state index is 0.0250. The highest BCUT2D eigenvalue weighted by Gasteiger charge is 2.32. The fourth-order valence-electron chi connectivity index (χ4n) is 2.85. The Kier molecular flexibility index (Phi) is 5.63. The Labute approximate surface area is 146 Å². The van der Waals surface area contributed by atoms with Crippen LogP contribution in [0.25, 0.3) is 0 Å². The molecule has 6 nitrogen and oxygen atoms in total. The normalized spacial score (nSPS) is 16.2. The number of nitro benzene ring substituents is 1. The molecule has 25 heavy (non-hydrogen) atoms. The number of benzene rings is 2. The van der Waals surface area contributed by atoms with Gasteiger partial charge in [0.05, 0.1) is 11.0 Å². The van der Waals surface area contributed by atoms with E-state index >= 15 is 0 Å². The molecule has 1 saturated carbocycles. The number of nitrogens with zero attached hydrogens (tertiary/aromatic N) is 1. The van der Waals surface area contributed by atoms with E-state index in [2.05, 4.69) is 17.4 Å². The van der Waals surface area contributed by atoms with Gasteiger partial charge in [-0.3, -0.25) is 10.1 Å². The van der Waals surface area contributed by atoms with Gasteiger partial charge in [0.15, 0.2) is 0 Å². The summed E-state index contributed by atoms with van der Waals surface area (Å²) in [5, 5.41) is 24.4. The van der Waals surface area contributed by atoms with Crippen LogP contribution in [0.3, 0.4) is 0 Å². The molecule has 0 aliphatic heterocycles. The zero-order valence-corrected chi connectivity index (χ0v) is 13.9. The second-order valence-electron chi connectivity index (χ2n) is 6.35. The Morgan fingerprint density at radius 2 is 1.96 bits per heavy atom. The van der Waals surface area contributed by atoms with Crippen molar-refractivity contribution in [3.05, 3.63) is 70.3 Å². The van der Waals surface area contributed by atoms with E-state index in [1.165, 1.54) is 30.5 Å². The molecular weight excluding hydrogens is 320 g/mol. The molecule has 2 atom stereocenters. The number of non-ortho nitro benzene ring substituents is 1. The maximum Gasteiger partial charge on any atom is 0.273 e. The van der Waals surface area contributed by atoms with Crippen molar-refractivity contribution in [1.29, 1.82) is 0 Å². The van der Waals surface area contributed by atoms with Crippen molar-refractivity contribution in [2.24, 2.45) is 5.92 Å². The fraction of sp³-hybridized carbons (Fsp3) is 0.368. The van der Waals surface area contributed by atoms with E-state index in [0.29, 0.717) is 18.2 Å². The summed E-state index contributed by atoms with van der Waals surface area (Å²) < 4.78 is 5.48. The first-order valence-electron chi connectivity index (χ1n) is 8.47. The summed E-state index contributed by atoms with van der Waals surface area (Å²) in [5.41, 5.74) is 1.21. The Hall–Kier alpha value is -2.44.